The van der Waals surface area contributed by atoms with Crippen molar-refractivity contribution in [3.63, 3.8) is 0 Å². The van der Waals surface area contributed by atoms with Crippen molar-refractivity contribution in [1.82, 2.24) is 5.32 Å². The van der Waals surface area contributed by atoms with Crippen molar-refractivity contribution in [2.45, 2.75) is 12.8 Å². The van der Waals surface area contributed by atoms with Gasteiger partial charge in [-0.15, -0.1) is 0 Å². The molecule has 0 saturated heterocycles. The van der Waals surface area contributed by atoms with Crippen molar-refractivity contribution >= 4 is 39.1 Å². The standard InChI is InChI=1S/C13H16BrClN2O2/c1-19-13-10(14)4-9(15)5-11(13)17-12(18)7-16-6-8-2-3-8/h4-5,8,16H,2-3,6-7H2,1H3,(H,17,18). The van der Waals surface area contributed by atoms with Crippen LogP contribution in [0.3, 0.4) is 0 Å². The van der Waals surface area contributed by atoms with E-state index in [4.69, 9.17) is 16.3 Å². The number of methoxy groups -OCH3 is 1. The highest BCUT2D eigenvalue weighted by molar-refractivity contribution is 9.10. The fourth-order valence-electron chi connectivity index (χ4n) is 1.77. The molecule has 1 aliphatic carbocycles. The highest BCUT2D eigenvalue weighted by atomic mass is 79.9. The lowest BCUT2D eigenvalue weighted by Crippen LogP contribution is -2.29. The Labute approximate surface area is 126 Å². The summed E-state index contributed by atoms with van der Waals surface area (Å²) >= 11 is 9.32. The second kappa shape index (κ2) is 6.59. The lowest BCUT2D eigenvalue weighted by atomic mass is 10.3. The van der Waals surface area contributed by atoms with E-state index in [1.165, 1.54) is 12.8 Å². The summed E-state index contributed by atoms with van der Waals surface area (Å²) in [6.45, 7) is 1.20. The van der Waals surface area contributed by atoms with Gasteiger partial charge in [-0.2, -0.15) is 0 Å². The smallest absolute Gasteiger partial charge is 0.238 e. The Morgan fingerprint density at radius 3 is 2.89 bits per heavy atom. The molecule has 0 heterocycles. The summed E-state index contributed by atoms with van der Waals surface area (Å²) in [5, 5.41) is 6.47. The molecule has 0 radical (unpaired) electrons. The minimum atomic E-state index is -0.104. The fourth-order valence-corrected chi connectivity index (χ4v) is 2.74. The van der Waals surface area contributed by atoms with Crippen LogP contribution in [-0.2, 0) is 4.79 Å². The molecule has 19 heavy (non-hydrogen) atoms. The third-order valence-corrected chi connectivity index (χ3v) is 3.71. The fraction of sp³-hybridized carbons (Fsp3) is 0.462. The maximum Gasteiger partial charge on any atom is 0.238 e. The number of anilines is 1. The van der Waals surface area contributed by atoms with E-state index < -0.39 is 0 Å². The number of rotatable bonds is 6. The second-order valence-corrected chi connectivity index (χ2v) is 5.88. The number of hydrogen-bond donors (Lipinski definition) is 2. The van der Waals surface area contributed by atoms with Crippen LogP contribution in [0.25, 0.3) is 0 Å². The molecule has 104 valence electrons. The predicted octanol–water partition coefficient (Wildman–Crippen LogP) is 3.05. The number of benzene rings is 1. The summed E-state index contributed by atoms with van der Waals surface area (Å²) in [7, 11) is 1.55. The number of nitrogens with one attached hydrogen (secondary N) is 2. The maximum absolute atomic E-state index is 11.8. The number of halogens is 2. The van der Waals surface area contributed by atoms with Crippen molar-refractivity contribution in [2.24, 2.45) is 5.92 Å². The van der Waals surface area contributed by atoms with Crippen molar-refractivity contribution < 1.29 is 9.53 Å². The summed E-state index contributed by atoms with van der Waals surface area (Å²) in [4.78, 5) is 11.8. The molecule has 2 N–H and O–H groups in total. The normalized spacial score (nSPS) is 14.3. The van der Waals surface area contributed by atoms with E-state index in [0.717, 1.165) is 12.5 Å². The van der Waals surface area contributed by atoms with Crippen LogP contribution in [0.15, 0.2) is 16.6 Å². The molecular weight excluding hydrogens is 332 g/mol. The highest BCUT2D eigenvalue weighted by Gasteiger charge is 2.20. The molecule has 0 aliphatic heterocycles. The molecule has 4 nitrogen and oxygen atoms in total. The number of amides is 1. The van der Waals surface area contributed by atoms with Crippen LogP contribution < -0.4 is 15.4 Å². The molecule has 6 heteroatoms. The molecule has 1 amide bonds. The molecule has 1 fully saturated rings. The minimum Gasteiger partial charge on any atom is -0.493 e. The lowest BCUT2D eigenvalue weighted by Gasteiger charge is -2.12. The van der Waals surface area contributed by atoms with Gasteiger partial charge in [0.15, 0.2) is 5.75 Å². The predicted molar refractivity (Wildman–Crippen MR) is 79.9 cm³/mol. The lowest BCUT2D eigenvalue weighted by molar-refractivity contribution is -0.115. The van der Waals surface area contributed by atoms with E-state index in [1.54, 1.807) is 19.2 Å². The van der Waals surface area contributed by atoms with Gasteiger partial charge in [-0.1, -0.05) is 11.6 Å². The van der Waals surface area contributed by atoms with Gasteiger partial charge in [0.25, 0.3) is 0 Å². The first-order chi connectivity index (χ1) is 9.10. The van der Waals surface area contributed by atoms with E-state index in [-0.39, 0.29) is 5.91 Å². The highest BCUT2D eigenvalue weighted by Crippen LogP contribution is 2.36. The molecule has 2 rings (SSSR count). The van der Waals surface area contributed by atoms with Gasteiger partial charge < -0.3 is 15.4 Å². The third-order valence-electron chi connectivity index (χ3n) is 2.90. The van der Waals surface area contributed by atoms with Crippen LogP contribution in [0.2, 0.25) is 5.02 Å². The van der Waals surface area contributed by atoms with Gasteiger partial charge >= 0.3 is 0 Å². The largest absolute Gasteiger partial charge is 0.493 e. The Kier molecular flexibility index (Phi) is 5.07. The van der Waals surface area contributed by atoms with E-state index in [1.807, 2.05) is 0 Å². The zero-order valence-corrected chi connectivity index (χ0v) is 13.0. The van der Waals surface area contributed by atoms with E-state index >= 15 is 0 Å². The number of ether oxygens (including phenoxy) is 1. The average Bonchev–Trinajstić information content (AvgIpc) is 3.12. The minimum absolute atomic E-state index is 0.104. The molecule has 0 aromatic heterocycles. The monoisotopic (exact) mass is 346 g/mol. The summed E-state index contributed by atoms with van der Waals surface area (Å²) in [6.07, 6.45) is 2.54. The first-order valence-corrected chi connectivity index (χ1v) is 7.31. The van der Waals surface area contributed by atoms with E-state index in [9.17, 15) is 4.79 Å². The first-order valence-electron chi connectivity index (χ1n) is 6.13. The van der Waals surface area contributed by atoms with Crippen LogP contribution in [0.5, 0.6) is 5.75 Å². The van der Waals surface area contributed by atoms with Crippen LogP contribution >= 0.6 is 27.5 Å². The van der Waals surface area contributed by atoms with Crippen molar-refractivity contribution in [2.75, 3.05) is 25.5 Å². The van der Waals surface area contributed by atoms with Crippen molar-refractivity contribution in [3.8, 4) is 5.75 Å². The maximum atomic E-state index is 11.8. The topological polar surface area (TPSA) is 50.4 Å². The SMILES string of the molecule is COc1c(Br)cc(Cl)cc1NC(=O)CNCC1CC1. The Morgan fingerprint density at radius 2 is 2.26 bits per heavy atom. The number of carbonyl (C=O) groups is 1. The zero-order chi connectivity index (χ0) is 13.8. The summed E-state index contributed by atoms with van der Waals surface area (Å²) < 4.78 is 5.96. The molecule has 0 atom stereocenters. The summed E-state index contributed by atoms with van der Waals surface area (Å²) in [5.41, 5.74) is 0.570. The molecule has 1 aromatic carbocycles. The van der Waals surface area contributed by atoms with Gasteiger partial charge in [-0.25, -0.2) is 0 Å². The quantitative estimate of drug-likeness (QED) is 0.831. The molecular formula is C13H16BrClN2O2. The van der Waals surface area contributed by atoms with Gasteiger partial charge in [-0.3, -0.25) is 4.79 Å². The Morgan fingerprint density at radius 1 is 1.53 bits per heavy atom. The molecule has 1 aromatic rings. The number of hydrogen-bond acceptors (Lipinski definition) is 3. The van der Waals surface area contributed by atoms with Gasteiger partial charge in [0.05, 0.1) is 23.8 Å². The molecule has 1 saturated carbocycles. The van der Waals surface area contributed by atoms with Gasteiger partial charge in [0.2, 0.25) is 5.91 Å². The van der Waals surface area contributed by atoms with E-state index in [0.29, 0.717) is 27.5 Å². The van der Waals surface area contributed by atoms with Crippen molar-refractivity contribution in [1.29, 1.82) is 0 Å². The Hall–Kier alpha value is -0.780. The molecule has 0 spiro atoms. The number of carbonyl (C=O) groups excluding carboxylic acids is 1. The summed E-state index contributed by atoms with van der Waals surface area (Å²) in [6, 6.07) is 3.39. The van der Waals surface area contributed by atoms with Crippen LogP contribution in [-0.4, -0.2) is 26.1 Å². The molecule has 1 aliphatic rings. The molecule has 0 bridgehead atoms. The average molecular weight is 348 g/mol. The van der Waals surface area contributed by atoms with Crippen molar-refractivity contribution in [3.05, 3.63) is 21.6 Å². The molecule has 0 unspecified atom stereocenters. The summed E-state index contributed by atoms with van der Waals surface area (Å²) in [5.74, 6) is 1.22. The first kappa shape index (κ1) is 14.6. The van der Waals surface area contributed by atoms with Gasteiger partial charge in [0.1, 0.15) is 0 Å². The van der Waals surface area contributed by atoms with Crippen LogP contribution in [0.4, 0.5) is 5.69 Å². The van der Waals surface area contributed by atoms with Gasteiger partial charge in [0, 0.05) is 5.02 Å². The van der Waals surface area contributed by atoms with Gasteiger partial charge in [-0.05, 0) is 53.4 Å². The Bertz CT molecular complexity index is 478. The second-order valence-electron chi connectivity index (χ2n) is 4.59. The zero-order valence-electron chi connectivity index (χ0n) is 10.6. The van der Waals surface area contributed by atoms with Crippen LogP contribution in [0.1, 0.15) is 12.8 Å². The van der Waals surface area contributed by atoms with E-state index in [2.05, 4.69) is 26.6 Å². The Balaban J connectivity index is 1.94. The van der Waals surface area contributed by atoms with Crippen LogP contribution in [0, 0.1) is 5.92 Å². The third kappa shape index (κ3) is 4.37.